The zero-order valence-electron chi connectivity index (χ0n) is 18.3. The highest BCUT2D eigenvalue weighted by Gasteiger charge is 2.16. The number of aromatic hydroxyl groups is 1. The zero-order valence-corrected chi connectivity index (χ0v) is 19.9. The molecule has 0 atom stereocenters. The molecule has 5 aromatic rings. The number of rotatable bonds is 6. The number of phenolic OH excluding ortho intramolecular Hbond substituents is 1. The molecule has 9 heteroatoms. The third-order valence-electron chi connectivity index (χ3n) is 5.35. The van der Waals surface area contributed by atoms with Gasteiger partial charge < -0.3 is 19.4 Å². The molecule has 3 aromatic heterocycles. The van der Waals surface area contributed by atoms with Gasteiger partial charge in [-0.05, 0) is 70.5 Å². The molecule has 0 aliphatic carbocycles. The van der Waals surface area contributed by atoms with Gasteiger partial charge in [0, 0.05) is 21.8 Å². The largest absolute Gasteiger partial charge is 0.504 e. The molecular formula is C26H18BrN3O5. The first-order valence-electron chi connectivity index (χ1n) is 10.5. The summed E-state index contributed by atoms with van der Waals surface area (Å²) in [4.78, 5) is 20.7. The van der Waals surface area contributed by atoms with E-state index in [1.165, 1.54) is 13.2 Å². The Hall–Kier alpha value is -4.37. The molecule has 2 aromatic carbocycles. The number of methoxy groups -OCH3 is 1. The smallest absolute Gasteiger partial charge is 0.335 e. The van der Waals surface area contributed by atoms with Crippen molar-refractivity contribution in [2.75, 3.05) is 7.11 Å². The molecule has 174 valence electrons. The van der Waals surface area contributed by atoms with Gasteiger partial charge in [0.1, 0.15) is 22.9 Å². The summed E-state index contributed by atoms with van der Waals surface area (Å²) >= 11 is 3.49. The Morgan fingerprint density at radius 2 is 1.97 bits per heavy atom. The van der Waals surface area contributed by atoms with Gasteiger partial charge in [-0.15, -0.1) is 0 Å². The molecule has 0 amide bonds. The summed E-state index contributed by atoms with van der Waals surface area (Å²) in [6.45, 7) is 0. The Bertz CT molecular complexity index is 1600. The number of hydrogen-bond acceptors (Lipinski definition) is 6. The lowest BCUT2D eigenvalue weighted by atomic mass is 10.1. The van der Waals surface area contributed by atoms with Gasteiger partial charge >= 0.3 is 5.97 Å². The number of fused-ring (bicyclic) bond motifs is 1. The van der Waals surface area contributed by atoms with Crippen molar-refractivity contribution in [3.05, 3.63) is 88.7 Å². The minimum absolute atomic E-state index is 0.0305. The third-order valence-corrected chi connectivity index (χ3v) is 5.81. The summed E-state index contributed by atoms with van der Waals surface area (Å²) in [6, 6.07) is 18.8. The summed E-state index contributed by atoms with van der Waals surface area (Å²) in [5.41, 5.74) is 2.84. The Kier molecular flexibility index (Phi) is 5.84. The van der Waals surface area contributed by atoms with Gasteiger partial charge in [-0.1, -0.05) is 12.1 Å². The van der Waals surface area contributed by atoms with E-state index in [1.54, 1.807) is 54.7 Å². The van der Waals surface area contributed by atoms with Gasteiger partial charge in [-0.3, -0.25) is 4.40 Å². The first-order chi connectivity index (χ1) is 16.9. The summed E-state index contributed by atoms with van der Waals surface area (Å²) in [5, 5.41) is 19.2. The van der Waals surface area contributed by atoms with Crippen molar-refractivity contribution in [1.29, 1.82) is 0 Å². The van der Waals surface area contributed by atoms with Crippen LogP contribution in [0.1, 0.15) is 16.1 Å². The van der Waals surface area contributed by atoms with E-state index >= 15 is 0 Å². The molecule has 0 aliphatic heterocycles. The number of carbonyl (C=O) groups is 1. The number of imidazole rings is 1. The van der Waals surface area contributed by atoms with Crippen molar-refractivity contribution in [2.24, 2.45) is 4.99 Å². The lowest BCUT2D eigenvalue weighted by Gasteiger charge is -2.06. The molecule has 5 rings (SSSR count). The molecule has 0 saturated carbocycles. The number of aliphatic imine (C=N–C) groups is 1. The van der Waals surface area contributed by atoms with Gasteiger partial charge in [0.05, 0.1) is 18.9 Å². The number of ether oxygens (including phenoxy) is 1. The zero-order chi connectivity index (χ0) is 24.5. The Morgan fingerprint density at radius 3 is 2.77 bits per heavy atom. The molecular weight excluding hydrogens is 514 g/mol. The second-order valence-electron chi connectivity index (χ2n) is 7.59. The monoisotopic (exact) mass is 531 g/mol. The summed E-state index contributed by atoms with van der Waals surface area (Å²) in [5.74, 6) is 0.925. The van der Waals surface area contributed by atoms with Crippen LogP contribution in [-0.4, -0.2) is 38.9 Å². The molecule has 35 heavy (non-hydrogen) atoms. The average Bonchev–Trinajstić information content (AvgIpc) is 3.48. The van der Waals surface area contributed by atoms with Crippen LogP contribution in [0.4, 0.5) is 5.82 Å². The summed E-state index contributed by atoms with van der Waals surface area (Å²) < 4.78 is 13.9. The van der Waals surface area contributed by atoms with Crippen molar-refractivity contribution in [3.8, 4) is 34.1 Å². The van der Waals surface area contributed by atoms with E-state index in [2.05, 4.69) is 20.9 Å². The maximum Gasteiger partial charge on any atom is 0.335 e. The Labute approximate surface area is 207 Å². The number of pyridine rings is 1. The number of carboxylic acid groups (broad SMARTS) is 1. The van der Waals surface area contributed by atoms with E-state index in [-0.39, 0.29) is 11.3 Å². The van der Waals surface area contributed by atoms with E-state index in [9.17, 15) is 15.0 Å². The molecule has 0 bridgehead atoms. The highest BCUT2D eigenvalue weighted by Crippen LogP contribution is 2.36. The number of nitrogens with zero attached hydrogens (tertiary/aromatic N) is 3. The molecule has 0 unspecified atom stereocenters. The minimum Gasteiger partial charge on any atom is -0.504 e. The van der Waals surface area contributed by atoms with Crippen LogP contribution in [0.15, 0.2) is 86.8 Å². The van der Waals surface area contributed by atoms with Crippen molar-refractivity contribution in [1.82, 2.24) is 9.38 Å². The van der Waals surface area contributed by atoms with E-state index < -0.39 is 5.97 Å². The quantitative estimate of drug-likeness (QED) is 0.253. The summed E-state index contributed by atoms with van der Waals surface area (Å²) in [7, 11) is 1.49. The van der Waals surface area contributed by atoms with Gasteiger partial charge in [-0.25, -0.2) is 14.8 Å². The maximum absolute atomic E-state index is 11.3. The number of phenols is 1. The fourth-order valence-corrected chi connectivity index (χ4v) is 3.99. The van der Waals surface area contributed by atoms with Crippen LogP contribution in [0, 0.1) is 0 Å². The van der Waals surface area contributed by atoms with Crippen molar-refractivity contribution < 1.29 is 24.2 Å². The molecule has 2 N–H and O–H groups in total. The van der Waals surface area contributed by atoms with Crippen molar-refractivity contribution >= 4 is 39.6 Å². The van der Waals surface area contributed by atoms with Crippen LogP contribution in [-0.2, 0) is 0 Å². The van der Waals surface area contributed by atoms with Crippen LogP contribution in [0.3, 0.4) is 0 Å². The van der Waals surface area contributed by atoms with Gasteiger partial charge in [-0.2, -0.15) is 0 Å². The van der Waals surface area contributed by atoms with Crippen LogP contribution < -0.4 is 4.74 Å². The Balaban J connectivity index is 1.56. The minimum atomic E-state index is -1.00. The molecule has 3 heterocycles. The predicted octanol–water partition coefficient (Wildman–Crippen LogP) is 6.19. The number of furan rings is 1. The maximum atomic E-state index is 11.3. The number of carboxylic acids is 1. The highest BCUT2D eigenvalue weighted by atomic mass is 79.9. The fourth-order valence-electron chi connectivity index (χ4n) is 3.66. The van der Waals surface area contributed by atoms with E-state index in [1.807, 2.05) is 22.7 Å². The van der Waals surface area contributed by atoms with E-state index in [4.69, 9.17) is 14.1 Å². The SMILES string of the molecule is COc1cc(-c2nc3ccc(Br)cn3c2N=Cc2ccc(-c3cccc(C(=O)O)c3)o2)ccc1O. The number of hydrogen-bond donors (Lipinski definition) is 2. The van der Waals surface area contributed by atoms with Crippen LogP contribution in [0.2, 0.25) is 0 Å². The highest BCUT2D eigenvalue weighted by molar-refractivity contribution is 9.10. The molecule has 0 spiro atoms. The number of benzene rings is 2. The van der Waals surface area contributed by atoms with Gasteiger partial charge in [0.2, 0.25) is 0 Å². The molecule has 0 fully saturated rings. The van der Waals surface area contributed by atoms with Crippen molar-refractivity contribution in [2.45, 2.75) is 0 Å². The second kappa shape index (κ2) is 9.11. The second-order valence-corrected chi connectivity index (χ2v) is 8.51. The molecule has 0 radical (unpaired) electrons. The van der Waals surface area contributed by atoms with Gasteiger partial charge in [0.25, 0.3) is 0 Å². The third kappa shape index (κ3) is 4.41. The van der Waals surface area contributed by atoms with E-state index in [0.717, 1.165) is 10.0 Å². The van der Waals surface area contributed by atoms with Gasteiger partial charge in [0.15, 0.2) is 17.3 Å². The molecule has 0 aliphatic rings. The number of aromatic carboxylic acids is 1. The van der Waals surface area contributed by atoms with Crippen molar-refractivity contribution in [3.63, 3.8) is 0 Å². The first-order valence-corrected chi connectivity index (χ1v) is 11.2. The van der Waals surface area contributed by atoms with Crippen LogP contribution in [0.25, 0.3) is 28.2 Å². The summed E-state index contributed by atoms with van der Waals surface area (Å²) in [6.07, 6.45) is 3.44. The number of aromatic nitrogens is 2. The topological polar surface area (TPSA) is 110 Å². The fraction of sp³-hybridized carbons (Fsp3) is 0.0385. The van der Waals surface area contributed by atoms with E-state index in [0.29, 0.717) is 40.0 Å². The molecule has 0 saturated heterocycles. The first kappa shape index (κ1) is 22.4. The lowest BCUT2D eigenvalue weighted by molar-refractivity contribution is 0.0697. The Morgan fingerprint density at radius 1 is 1.11 bits per heavy atom. The standard InChI is InChI=1S/C26H18BrN3O5/c1-34-22-12-16(5-8-20(22)31)24-25(30-14-18(27)6-10-23(30)29-24)28-13-19-7-9-21(35-19)15-3-2-4-17(11-15)26(32)33/h2-14,31H,1H3,(H,32,33). The predicted molar refractivity (Wildman–Crippen MR) is 135 cm³/mol. The lowest BCUT2D eigenvalue weighted by Crippen LogP contribution is -1.95. The normalized spacial score (nSPS) is 11.4. The van der Waals surface area contributed by atoms with Crippen LogP contribution >= 0.6 is 15.9 Å². The number of halogens is 1. The molecule has 8 nitrogen and oxygen atoms in total. The van der Waals surface area contributed by atoms with Crippen LogP contribution in [0.5, 0.6) is 11.5 Å². The average molecular weight is 532 g/mol.